The van der Waals surface area contributed by atoms with Crippen molar-refractivity contribution in [1.82, 2.24) is 4.90 Å². The zero-order valence-corrected chi connectivity index (χ0v) is 13.4. The Bertz CT molecular complexity index is 548. The number of amides is 1. The van der Waals surface area contributed by atoms with E-state index < -0.39 is 30.5 Å². The molecule has 0 radical (unpaired) electrons. The highest BCUT2D eigenvalue weighted by atomic mass is 19.4. The molecule has 1 heterocycles. The number of carboxylic acid groups (broad SMARTS) is 1. The van der Waals surface area contributed by atoms with Crippen LogP contribution in [0.4, 0.5) is 13.2 Å². The minimum Gasteiger partial charge on any atom is -0.481 e. The second-order valence-electron chi connectivity index (χ2n) is 8.35. The molecule has 4 bridgehead atoms. The highest BCUT2D eigenvalue weighted by Crippen LogP contribution is 2.57. The number of alkyl halides is 3. The predicted molar refractivity (Wildman–Crippen MR) is 77.9 cm³/mol. The van der Waals surface area contributed by atoms with Crippen LogP contribution < -0.4 is 0 Å². The monoisotopic (exact) mass is 345 g/mol. The molecule has 4 nitrogen and oxygen atoms in total. The molecule has 24 heavy (non-hydrogen) atoms. The highest BCUT2D eigenvalue weighted by molar-refractivity contribution is 5.83. The van der Waals surface area contributed by atoms with Gasteiger partial charge in [-0.2, -0.15) is 13.2 Å². The SMILES string of the molecule is O=C(C1C2CC3CC(C2)CC1C3)N1CCC(C(=O)O)(C(F)(F)F)C1. The van der Waals surface area contributed by atoms with E-state index in [1.807, 2.05) is 0 Å². The Kier molecular flexibility index (Phi) is 3.45. The first-order chi connectivity index (χ1) is 11.2. The Morgan fingerprint density at radius 2 is 1.54 bits per heavy atom. The molecule has 1 aliphatic heterocycles. The number of rotatable bonds is 2. The summed E-state index contributed by atoms with van der Waals surface area (Å²) in [6.45, 7) is -0.832. The zero-order valence-electron chi connectivity index (χ0n) is 13.4. The second-order valence-corrected chi connectivity index (χ2v) is 8.35. The quantitative estimate of drug-likeness (QED) is 0.837. The number of carbonyl (C=O) groups excluding carboxylic acids is 1. The molecule has 1 atom stereocenters. The molecule has 1 unspecified atom stereocenters. The molecule has 7 heteroatoms. The van der Waals surface area contributed by atoms with E-state index in [1.165, 1.54) is 11.3 Å². The summed E-state index contributed by atoms with van der Waals surface area (Å²) in [5, 5.41) is 9.15. The summed E-state index contributed by atoms with van der Waals surface area (Å²) in [4.78, 5) is 25.4. The van der Waals surface area contributed by atoms with Gasteiger partial charge in [0.1, 0.15) is 0 Å². The summed E-state index contributed by atoms with van der Waals surface area (Å²) in [6.07, 6.45) is -0.0704. The van der Waals surface area contributed by atoms with Gasteiger partial charge in [-0.25, -0.2) is 0 Å². The Morgan fingerprint density at radius 1 is 1.00 bits per heavy atom. The summed E-state index contributed by atoms with van der Waals surface area (Å²) in [5.74, 6) is -0.326. The molecule has 4 aliphatic carbocycles. The van der Waals surface area contributed by atoms with Crippen LogP contribution in [-0.2, 0) is 9.59 Å². The lowest BCUT2D eigenvalue weighted by Crippen LogP contribution is -2.53. The molecule has 5 rings (SSSR count). The first kappa shape index (κ1) is 16.2. The third kappa shape index (κ3) is 2.19. The van der Waals surface area contributed by atoms with Gasteiger partial charge < -0.3 is 10.0 Å². The Labute approximate surface area is 138 Å². The molecule has 0 aromatic rings. The maximum atomic E-state index is 13.3. The van der Waals surface area contributed by atoms with Crippen molar-refractivity contribution in [3.8, 4) is 0 Å². The molecule has 4 saturated carbocycles. The maximum absolute atomic E-state index is 13.3. The molecule has 134 valence electrons. The van der Waals surface area contributed by atoms with E-state index in [0.29, 0.717) is 23.7 Å². The third-order valence-corrected chi connectivity index (χ3v) is 7.04. The fourth-order valence-electron chi connectivity index (χ4n) is 6.06. The minimum absolute atomic E-state index is 0.104. The fourth-order valence-corrected chi connectivity index (χ4v) is 6.06. The highest BCUT2D eigenvalue weighted by Gasteiger charge is 2.65. The van der Waals surface area contributed by atoms with Gasteiger partial charge in [-0.1, -0.05) is 0 Å². The van der Waals surface area contributed by atoms with Crippen molar-refractivity contribution in [3.63, 3.8) is 0 Å². The van der Waals surface area contributed by atoms with Gasteiger partial charge in [0.05, 0.1) is 0 Å². The van der Waals surface area contributed by atoms with Gasteiger partial charge in [0.15, 0.2) is 5.41 Å². The standard InChI is InChI=1S/C17H22F3NO3/c18-17(19,20)16(15(23)24)1-2-21(8-16)14(22)13-11-4-9-3-10(6-11)7-12(13)5-9/h9-13H,1-8H2,(H,23,24). The van der Waals surface area contributed by atoms with Crippen LogP contribution in [0.3, 0.4) is 0 Å². The van der Waals surface area contributed by atoms with E-state index in [1.54, 1.807) is 0 Å². The van der Waals surface area contributed by atoms with Crippen LogP contribution in [0.5, 0.6) is 0 Å². The van der Waals surface area contributed by atoms with Gasteiger partial charge in [0.2, 0.25) is 5.91 Å². The van der Waals surface area contributed by atoms with Gasteiger partial charge in [0.25, 0.3) is 0 Å². The normalized spacial score (nSPS) is 44.1. The largest absolute Gasteiger partial charge is 0.481 e. The topological polar surface area (TPSA) is 57.6 Å². The minimum atomic E-state index is -4.84. The number of aliphatic carboxylic acids is 1. The number of halogens is 3. The maximum Gasteiger partial charge on any atom is 0.406 e. The average molecular weight is 345 g/mol. The summed E-state index contributed by atoms with van der Waals surface area (Å²) in [7, 11) is 0. The molecule has 0 aromatic heterocycles. The second kappa shape index (κ2) is 5.11. The van der Waals surface area contributed by atoms with Gasteiger partial charge in [-0.15, -0.1) is 0 Å². The first-order valence-corrected chi connectivity index (χ1v) is 8.80. The zero-order chi connectivity index (χ0) is 17.3. The molecule has 1 saturated heterocycles. The van der Waals surface area contributed by atoms with Crippen LogP contribution >= 0.6 is 0 Å². The van der Waals surface area contributed by atoms with Crippen molar-refractivity contribution < 1.29 is 27.9 Å². The number of nitrogens with zero attached hydrogens (tertiary/aromatic N) is 1. The molecule has 1 amide bonds. The molecule has 1 N–H and O–H groups in total. The summed E-state index contributed by atoms with van der Waals surface area (Å²) < 4.78 is 39.9. The molecule has 0 spiro atoms. The van der Waals surface area contributed by atoms with Crippen molar-refractivity contribution in [3.05, 3.63) is 0 Å². The van der Waals surface area contributed by atoms with Gasteiger partial charge in [0, 0.05) is 19.0 Å². The molecule has 5 aliphatic rings. The lowest BCUT2D eigenvalue weighted by atomic mass is 9.51. The molecule has 5 fully saturated rings. The fraction of sp³-hybridized carbons (Fsp3) is 0.882. The van der Waals surface area contributed by atoms with Crippen LogP contribution in [0.15, 0.2) is 0 Å². The number of hydrogen-bond acceptors (Lipinski definition) is 2. The Balaban J connectivity index is 1.53. The van der Waals surface area contributed by atoms with Crippen LogP contribution in [0, 0.1) is 35.0 Å². The van der Waals surface area contributed by atoms with Crippen molar-refractivity contribution >= 4 is 11.9 Å². The van der Waals surface area contributed by atoms with E-state index in [9.17, 15) is 22.8 Å². The van der Waals surface area contributed by atoms with E-state index in [-0.39, 0.29) is 18.4 Å². The number of hydrogen-bond donors (Lipinski definition) is 1. The predicted octanol–water partition coefficient (Wildman–Crippen LogP) is 2.92. The van der Waals surface area contributed by atoms with E-state index in [0.717, 1.165) is 25.7 Å². The first-order valence-electron chi connectivity index (χ1n) is 8.80. The molecular weight excluding hydrogens is 323 g/mol. The summed E-state index contributed by atoms with van der Waals surface area (Å²) >= 11 is 0. The number of carbonyl (C=O) groups is 2. The lowest BCUT2D eigenvalue weighted by molar-refractivity contribution is -0.227. The van der Waals surface area contributed by atoms with Crippen molar-refractivity contribution in [2.45, 2.75) is 44.7 Å². The van der Waals surface area contributed by atoms with Crippen LogP contribution in [0.25, 0.3) is 0 Å². The Hall–Kier alpha value is -1.27. The van der Waals surface area contributed by atoms with Gasteiger partial charge in [-0.05, 0) is 62.2 Å². The van der Waals surface area contributed by atoms with E-state index in [4.69, 9.17) is 5.11 Å². The lowest BCUT2D eigenvalue weighted by Gasteiger charge is -2.54. The van der Waals surface area contributed by atoms with Gasteiger partial charge >= 0.3 is 12.1 Å². The van der Waals surface area contributed by atoms with Crippen LogP contribution in [-0.4, -0.2) is 41.1 Å². The number of likely N-dealkylation sites (tertiary alicyclic amines) is 1. The molecule has 0 aromatic carbocycles. The summed E-state index contributed by atoms with van der Waals surface area (Å²) in [6, 6.07) is 0. The summed E-state index contributed by atoms with van der Waals surface area (Å²) in [5.41, 5.74) is -2.80. The molecular formula is C17H22F3NO3. The Morgan fingerprint density at radius 3 is 1.96 bits per heavy atom. The smallest absolute Gasteiger partial charge is 0.406 e. The van der Waals surface area contributed by atoms with Crippen molar-refractivity contribution in [2.75, 3.05) is 13.1 Å². The van der Waals surface area contributed by atoms with Gasteiger partial charge in [-0.3, -0.25) is 9.59 Å². The average Bonchev–Trinajstić information content (AvgIpc) is 2.92. The van der Waals surface area contributed by atoms with Crippen LogP contribution in [0.2, 0.25) is 0 Å². The van der Waals surface area contributed by atoms with E-state index in [2.05, 4.69) is 0 Å². The third-order valence-electron chi connectivity index (χ3n) is 7.04. The van der Waals surface area contributed by atoms with Crippen LogP contribution in [0.1, 0.15) is 38.5 Å². The number of carboxylic acids is 1. The van der Waals surface area contributed by atoms with E-state index >= 15 is 0 Å². The van der Waals surface area contributed by atoms with Crippen molar-refractivity contribution in [2.24, 2.45) is 35.0 Å². The van der Waals surface area contributed by atoms with Crippen molar-refractivity contribution in [1.29, 1.82) is 0 Å².